The zero-order valence-electron chi connectivity index (χ0n) is 39.8. The van der Waals surface area contributed by atoms with Crippen molar-refractivity contribution in [1.82, 2.24) is 0 Å². The summed E-state index contributed by atoms with van der Waals surface area (Å²) in [5, 5.41) is 166. The highest BCUT2D eigenvalue weighted by Gasteiger charge is 2.58. The Kier molecular flexibility index (Phi) is 20.8. The lowest BCUT2D eigenvalue weighted by Gasteiger charge is -2.45. The van der Waals surface area contributed by atoms with Crippen molar-refractivity contribution in [3.05, 3.63) is 59.7 Å². The Morgan fingerprint density at radius 1 is 0.500 bits per heavy atom. The number of esters is 2. The Bertz CT molecular complexity index is 2060. The molecule has 28 nitrogen and oxygen atoms in total. The number of carbonyl (C=O) groups is 2. The number of aliphatic hydroxyl groups excluding tert-OH is 16. The summed E-state index contributed by atoms with van der Waals surface area (Å²) in [4.78, 5) is 28.2. The molecule has 16 N–H and O–H groups in total. The van der Waals surface area contributed by atoms with E-state index >= 15 is 0 Å². The molecule has 4 fully saturated rings. The number of carbonyl (C=O) groups excluding carboxylic acids is 2. The van der Waals surface area contributed by atoms with Gasteiger partial charge in [-0.2, -0.15) is 0 Å². The third kappa shape index (κ3) is 13.3. The summed E-state index contributed by atoms with van der Waals surface area (Å²) in [6.45, 7) is -1.19. The molecule has 2 aromatic carbocycles. The maximum atomic E-state index is 14.3. The van der Waals surface area contributed by atoms with Gasteiger partial charge in [0.1, 0.15) is 122 Å². The molecule has 0 aliphatic carbocycles. The van der Waals surface area contributed by atoms with E-state index < -0.39 is 198 Å². The number of rotatable bonds is 21. The van der Waals surface area contributed by atoms with Crippen LogP contribution in [0.1, 0.15) is 31.4 Å². The lowest BCUT2D eigenvalue weighted by atomic mass is 9.86. The van der Waals surface area contributed by atoms with Crippen molar-refractivity contribution in [2.45, 2.75) is 168 Å². The molecule has 0 amide bonds. The molecule has 22 atom stereocenters. The van der Waals surface area contributed by atoms with Gasteiger partial charge in [-0.05, 0) is 47.7 Å². The molecular weight excluding hydrogens is 1000 g/mol. The van der Waals surface area contributed by atoms with Crippen LogP contribution in [0.3, 0.4) is 0 Å². The van der Waals surface area contributed by atoms with Crippen molar-refractivity contribution >= 4 is 11.9 Å². The topological polar surface area (TPSA) is 450 Å². The Labute approximate surface area is 421 Å². The molecule has 0 bridgehead atoms. The Morgan fingerprint density at radius 3 is 1.32 bits per heavy atom. The van der Waals surface area contributed by atoms with E-state index in [9.17, 15) is 91.3 Å². The first-order valence-electron chi connectivity index (χ1n) is 23.5. The third-order valence-corrected chi connectivity index (χ3v) is 12.8. The molecule has 4 heterocycles. The van der Waals surface area contributed by atoms with E-state index in [0.29, 0.717) is 0 Å². The SMILES string of the molecule is CC(C)C[C@](O[C@@H]1O[C@H](CO)[C@@H](O)[C@H](O)[C@H]1O)(C(=O)OCc1ccc(O[C@@H]2O[C@H](CO)[C@@H](O)[C@H](O)[C@H]2O)cc1)C(O)C(=O)OCc1ccc(O[C@@H]2O[C@H](CO)[C@@H](O[C@H]3O[C@H](CO)[C@@H](O)[C@H](O)[C@H]3O)[C@H](O)[C@H]2O)cc1. The third-order valence-electron chi connectivity index (χ3n) is 12.8. The number of ether oxygens (including phenoxy) is 10. The summed E-state index contributed by atoms with van der Waals surface area (Å²) in [5.41, 5.74) is -2.27. The molecule has 28 heteroatoms. The standard InChI is InChI=1S/C46H66O28/c1-18(2)11-46(74-44-36(60)32(56)29(53)25(14-49)71-44,45(64)66-17-20-5-9-21(10-6-20)67-41-34(58)30(54)27(51)23(12-47)69-41)39(62)40(63)65-16-19-3-7-22(8-4-19)68-42-37(61)33(57)38(26(15-50)72-42)73-43-35(59)31(55)28(52)24(13-48)70-43/h3-10,18,23-39,41-44,47-62H,11-17H2,1-2H3/t23-,24-,25-,26-,27-,28-,29-,30+,31+,32+,33-,34-,35-,36-,37-,38-,39?,41-,42-,43-,44+,46-/m1/s1. The van der Waals surface area contributed by atoms with Gasteiger partial charge in [-0.15, -0.1) is 0 Å². The number of aliphatic hydroxyl groups is 16. The van der Waals surface area contributed by atoms with Crippen LogP contribution in [0.4, 0.5) is 0 Å². The highest BCUT2D eigenvalue weighted by molar-refractivity contribution is 5.89. The van der Waals surface area contributed by atoms with Gasteiger partial charge in [-0.25, -0.2) is 9.59 Å². The molecule has 0 saturated carbocycles. The largest absolute Gasteiger partial charge is 0.462 e. The van der Waals surface area contributed by atoms with E-state index in [4.69, 9.17) is 47.4 Å². The lowest BCUT2D eigenvalue weighted by Crippen LogP contribution is -2.65. The van der Waals surface area contributed by atoms with Crippen molar-refractivity contribution in [2.75, 3.05) is 26.4 Å². The normalized spacial score (nSPS) is 37.9. The van der Waals surface area contributed by atoms with E-state index in [2.05, 4.69) is 0 Å². The first-order chi connectivity index (χ1) is 35.1. The highest BCUT2D eigenvalue weighted by atomic mass is 16.8. The molecule has 4 aliphatic heterocycles. The molecule has 2 aromatic rings. The minimum absolute atomic E-state index is 0.00365. The van der Waals surface area contributed by atoms with Gasteiger partial charge in [0.2, 0.25) is 18.2 Å². The molecule has 0 spiro atoms. The minimum Gasteiger partial charge on any atom is -0.462 e. The summed E-state index contributed by atoms with van der Waals surface area (Å²) in [5.74, 6) is -3.41. The van der Waals surface area contributed by atoms with Crippen LogP contribution in [0, 0.1) is 5.92 Å². The maximum absolute atomic E-state index is 14.3. The van der Waals surface area contributed by atoms with Crippen LogP contribution in [0.5, 0.6) is 11.5 Å². The molecule has 6 rings (SSSR count). The lowest BCUT2D eigenvalue weighted by molar-refractivity contribution is -0.352. The summed E-state index contributed by atoms with van der Waals surface area (Å²) in [6, 6.07) is 10.9. The summed E-state index contributed by atoms with van der Waals surface area (Å²) >= 11 is 0. The maximum Gasteiger partial charge on any atom is 0.342 e. The van der Waals surface area contributed by atoms with Crippen LogP contribution in [-0.4, -0.2) is 255 Å². The van der Waals surface area contributed by atoms with Crippen LogP contribution in [0.2, 0.25) is 0 Å². The summed E-state index contributed by atoms with van der Waals surface area (Å²) < 4.78 is 55.6. The molecule has 4 aliphatic rings. The van der Waals surface area contributed by atoms with Crippen LogP contribution >= 0.6 is 0 Å². The van der Waals surface area contributed by atoms with Gasteiger partial charge in [0.25, 0.3) is 0 Å². The number of hydrogen-bond donors (Lipinski definition) is 16. The van der Waals surface area contributed by atoms with Gasteiger partial charge in [-0.3, -0.25) is 0 Å². The molecule has 1 unspecified atom stereocenters. The van der Waals surface area contributed by atoms with Crippen LogP contribution in [0.15, 0.2) is 48.5 Å². The zero-order chi connectivity index (χ0) is 54.3. The van der Waals surface area contributed by atoms with E-state index in [-0.39, 0.29) is 22.6 Å². The van der Waals surface area contributed by atoms with Gasteiger partial charge in [0, 0.05) is 0 Å². The second kappa shape index (κ2) is 26.0. The van der Waals surface area contributed by atoms with Crippen molar-refractivity contribution < 1.29 is 139 Å². The first kappa shape index (κ1) is 59.3. The van der Waals surface area contributed by atoms with E-state index in [1.54, 1.807) is 13.8 Å². The zero-order valence-corrected chi connectivity index (χ0v) is 39.8. The summed E-state index contributed by atoms with van der Waals surface area (Å²) in [7, 11) is 0. The first-order valence-corrected chi connectivity index (χ1v) is 23.5. The fourth-order valence-electron chi connectivity index (χ4n) is 8.55. The monoisotopic (exact) mass is 1070 g/mol. The van der Waals surface area contributed by atoms with Gasteiger partial charge in [0.05, 0.1) is 26.4 Å². The molecular formula is C46H66O28. The smallest absolute Gasteiger partial charge is 0.342 e. The Balaban J connectivity index is 1.13. The quantitative estimate of drug-likeness (QED) is 0.0517. The Morgan fingerprint density at radius 2 is 0.878 bits per heavy atom. The van der Waals surface area contributed by atoms with E-state index in [1.165, 1.54) is 48.5 Å². The second-order valence-electron chi connectivity index (χ2n) is 18.6. The van der Waals surface area contributed by atoms with Crippen LogP contribution < -0.4 is 9.47 Å². The van der Waals surface area contributed by atoms with Crippen molar-refractivity contribution in [3.8, 4) is 11.5 Å². The van der Waals surface area contributed by atoms with Crippen LogP contribution in [-0.2, 0) is 60.7 Å². The van der Waals surface area contributed by atoms with Crippen LogP contribution in [0.25, 0.3) is 0 Å². The van der Waals surface area contributed by atoms with E-state index in [0.717, 1.165) is 0 Å². The fourth-order valence-corrected chi connectivity index (χ4v) is 8.55. The predicted molar refractivity (Wildman–Crippen MR) is 237 cm³/mol. The molecule has 0 radical (unpaired) electrons. The van der Waals surface area contributed by atoms with Gasteiger partial charge in [-0.1, -0.05) is 38.1 Å². The number of benzene rings is 2. The molecule has 418 valence electrons. The fraction of sp³-hybridized carbons (Fsp3) is 0.696. The molecule has 4 saturated heterocycles. The molecule has 0 aromatic heterocycles. The second-order valence-corrected chi connectivity index (χ2v) is 18.6. The van der Waals surface area contributed by atoms with E-state index in [1.807, 2.05) is 0 Å². The van der Waals surface area contributed by atoms with Crippen molar-refractivity contribution in [3.63, 3.8) is 0 Å². The average molecular weight is 1070 g/mol. The van der Waals surface area contributed by atoms with Gasteiger partial charge in [0.15, 0.2) is 18.7 Å². The Hall–Kier alpha value is -3.90. The number of hydrogen-bond acceptors (Lipinski definition) is 28. The predicted octanol–water partition coefficient (Wildman–Crippen LogP) is -7.38. The van der Waals surface area contributed by atoms with Gasteiger partial charge >= 0.3 is 11.9 Å². The van der Waals surface area contributed by atoms with Crippen molar-refractivity contribution in [2.24, 2.45) is 5.92 Å². The minimum atomic E-state index is -2.79. The molecule has 74 heavy (non-hydrogen) atoms. The highest BCUT2D eigenvalue weighted by Crippen LogP contribution is 2.36. The van der Waals surface area contributed by atoms with Gasteiger partial charge < -0.3 is 129 Å². The van der Waals surface area contributed by atoms with Crippen molar-refractivity contribution in [1.29, 1.82) is 0 Å². The average Bonchev–Trinajstić information content (AvgIpc) is 3.39. The summed E-state index contributed by atoms with van der Waals surface area (Å²) in [6.07, 6.45) is -37.4.